The number of thiophene rings is 2. The van der Waals surface area contributed by atoms with Gasteiger partial charge in [0.15, 0.2) is 5.58 Å². The summed E-state index contributed by atoms with van der Waals surface area (Å²) >= 11 is 2.83. The Morgan fingerprint density at radius 1 is 1.13 bits per heavy atom. The maximum absolute atomic E-state index is 12.7. The van der Waals surface area contributed by atoms with Crippen LogP contribution >= 0.6 is 22.7 Å². The second kappa shape index (κ2) is 12.0. The van der Waals surface area contributed by atoms with Crippen molar-refractivity contribution in [1.29, 1.82) is 0 Å². The second-order valence-corrected chi connectivity index (χ2v) is 11.9. The van der Waals surface area contributed by atoms with Gasteiger partial charge >= 0.3 is 11.7 Å². The summed E-state index contributed by atoms with van der Waals surface area (Å²) < 4.78 is 13.4. The van der Waals surface area contributed by atoms with Gasteiger partial charge in [-0.1, -0.05) is 12.1 Å². The van der Waals surface area contributed by atoms with E-state index in [0.717, 1.165) is 51.4 Å². The summed E-state index contributed by atoms with van der Waals surface area (Å²) in [5.41, 5.74) is 0.165. The van der Waals surface area contributed by atoms with Gasteiger partial charge in [0.1, 0.15) is 6.29 Å². The molecule has 0 radical (unpaired) electrons. The average Bonchev–Trinajstić information content (AvgIpc) is 3.72. The molecule has 0 amide bonds. The molecule has 0 saturated heterocycles. The van der Waals surface area contributed by atoms with E-state index in [4.69, 9.17) is 9.15 Å². The SMILES string of the molecule is CN(CCCCn1c(=O)oc2cc(C=O)ccc21)[C@H]1CC[C@H](OC(C(=O)O)(c2cccs2)c2cccs2)CC1. The van der Waals surface area contributed by atoms with Crippen LogP contribution in [0.3, 0.4) is 0 Å². The van der Waals surface area contributed by atoms with Gasteiger partial charge in [-0.3, -0.25) is 9.36 Å². The molecule has 0 spiro atoms. The molecule has 1 fully saturated rings. The van der Waals surface area contributed by atoms with Crippen LogP contribution in [0.2, 0.25) is 0 Å². The Morgan fingerprint density at radius 2 is 1.82 bits per heavy atom. The van der Waals surface area contributed by atoms with Gasteiger partial charge in [-0.2, -0.15) is 0 Å². The molecular formula is C29H32N2O6S2. The van der Waals surface area contributed by atoms with E-state index in [1.54, 1.807) is 22.8 Å². The van der Waals surface area contributed by atoms with Crippen LogP contribution in [0.4, 0.5) is 0 Å². The standard InChI is InChI=1S/C29H32N2O6S2/c1-30(14-2-3-15-31-23-13-8-20(19-32)18-24(23)36-28(31)35)21-9-11-22(12-10-21)37-29(27(33)34,25-6-4-16-38-25)26-7-5-17-39-26/h4-8,13,16-19,21-22H,2-3,9-12,14-15H2,1H3,(H,33,34)/t21-,22-. The molecule has 0 bridgehead atoms. The molecular weight excluding hydrogens is 536 g/mol. The number of aryl methyl sites for hydroxylation is 1. The van der Waals surface area contributed by atoms with E-state index in [0.29, 0.717) is 39.0 Å². The first-order chi connectivity index (χ1) is 18.9. The third-order valence-electron chi connectivity index (χ3n) is 7.62. The number of ether oxygens (including phenoxy) is 1. The number of carboxylic acid groups (broad SMARTS) is 1. The number of benzene rings is 1. The van der Waals surface area contributed by atoms with Crippen molar-refractivity contribution in [2.45, 2.75) is 62.8 Å². The van der Waals surface area contributed by atoms with E-state index >= 15 is 0 Å². The number of oxazole rings is 1. The lowest BCUT2D eigenvalue weighted by Crippen LogP contribution is -2.44. The largest absolute Gasteiger partial charge is 0.479 e. The summed E-state index contributed by atoms with van der Waals surface area (Å²) in [5, 5.41) is 14.2. The molecule has 4 aromatic rings. The lowest BCUT2D eigenvalue weighted by molar-refractivity contribution is -0.170. The van der Waals surface area contributed by atoms with Crippen molar-refractivity contribution in [2.75, 3.05) is 13.6 Å². The van der Waals surface area contributed by atoms with Crippen LogP contribution < -0.4 is 5.76 Å². The molecule has 5 rings (SSSR count). The van der Waals surface area contributed by atoms with Gasteiger partial charge in [0, 0.05) is 18.2 Å². The van der Waals surface area contributed by atoms with Gasteiger partial charge in [-0.05, 0) is 93.2 Å². The second-order valence-electron chi connectivity index (χ2n) is 10.0. The molecule has 1 aromatic carbocycles. The zero-order chi connectivity index (χ0) is 27.4. The number of hydrogen-bond acceptors (Lipinski definition) is 8. The van der Waals surface area contributed by atoms with Gasteiger partial charge < -0.3 is 19.2 Å². The molecule has 1 aliphatic rings. The Morgan fingerprint density at radius 3 is 2.41 bits per heavy atom. The molecule has 0 atom stereocenters. The molecule has 39 heavy (non-hydrogen) atoms. The monoisotopic (exact) mass is 568 g/mol. The average molecular weight is 569 g/mol. The number of aliphatic carboxylic acids is 1. The van der Waals surface area contributed by atoms with E-state index < -0.39 is 17.3 Å². The quantitative estimate of drug-likeness (QED) is 0.175. The number of rotatable bonds is 12. The van der Waals surface area contributed by atoms with Gasteiger partial charge in [-0.25, -0.2) is 9.59 Å². The van der Waals surface area contributed by atoms with E-state index in [1.165, 1.54) is 22.7 Å². The molecule has 1 saturated carbocycles. The number of hydrogen-bond donors (Lipinski definition) is 1. The number of aldehydes is 1. The third-order valence-corrected chi connectivity index (χ3v) is 9.56. The molecule has 3 heterocycles. The van der Waals surface area contributed by atoms with Crippen molar-refractivity contribution >= 4 is 46.0 Å². The van der Waals surface area contributed by atoms with Crippen molar-refractivity contribution in [1.82, 2.24) is 9.47 Å². The van der Waals surface area contributed by atoms with Gasteiger partial charge in [0.05, 0.1) is 21.4 Å². The van der Waals surface area contributed by atoms with Crippen molar-refractivity contribution in [3.63, 3.8) is 0 Å². The fourth-order valence-corrected chi connectivity index (χ4v) is 7.30. The van der Waals surface area contributed by atoms with Crippen molar-refractivity contribution in [3.05, 3.63) is 79.1 Å². The molecule has 0 unspecified atom stereocenters. The van der Waals surface area contributed by atoms with E-state index in [-0.39, 0.29) is 6.10 Å². The number of carbonyl (C=O) groups is 2. The van der Waals surface area contributed by atoms with Crippen LogP contribution in [0.5, 0.6) is 0 Å². The molecule has 206 valence electrons. The van der Waals surface area contributed by atoms with Crippen LogP contribution in [-0.2, 0) is 21.7 Å². The summed E-state index contributed by atoms with van der Waals surface area (Å²) in [6.45, 7) is 1.46. The van der Waals surface area contributed by atoms with E-state index in [2.05, 4.69) is 11.9 Å². The highest BCUT2D eigenvalue weighted by molar-refractivity contribution is 7.12. The Balaban J connectivity index is 1.14. The summed E-state index contributed by atoms with van der Waals surface area (Å²) in [4.78, 5) is 39.7. The van der Waals surface area contributed by atoms with Gasteiger partial charge in [0.2, 0.25) is 5.60 Å². The summed E-state index contributed by atoms with van der Waals surface area (Å²) in [7, 11) is 2.13. The number of carbonyl (C=O) groups excluding carboxylic acids is 1. The predicted octanol–water partition coefficient (Wildman–Crippen LogP) is 5.60. The highest BCUT2D eigenvalue weighted by Crippen LogP contribution is 2.42. The van der Waals surface area contributed by atoms with Crippen LogP contribution in [0.25, 0.3) is 11.1 Å². The maximum atomic E-state index is 12.7. The highest BCUT2D eigenvalue weighted by atomic mass is 32.1. The van der Waals surface area contributed by atoms with Crippen LogP contribution in [0.15, 0.2) is 62.4 Å². The summed E-state index contributed by atoms with van der Waals surface area (Å²) in [6, 6.07) is 12.9. The minimum absolute atomic E-state index is 0.129. The predicted molar refractivity (Wildman–Crippen MR) is 152 cm³/mol. The van der Waals surface area contributed by atoms with Gasteiger partial charge in [0.25, 0.3) is 0 Å². The maximum Gasteiger partial charge on any atom is 0.419 e. The first kappa shape index (κ1) is 27.5. The van der Waals surface area contributed by atoms with E-state index in [1.807, 2.05) is 35.0 Å². The topological polar surface area (TPSA) is 102 Å². The normalized spacial score (nSPS) is 18.1. The Kier molecular flexibility index (Phi) is 8.46. The zero-order valence-corrected chi connectivity index (χ0v) is 23.4. The number of unbranched alkanes of at least 4 members (excludes halogenated alkanes) is 1. The molecule has 1 aliphatic carbocycles. The van der Waals surface area contributed by atoms with Crippen molar-refractivity contribution in [2.24, 2.45) is 0 Å². The fraction of sp³-hybridized carbons (Fsp3) is 0.414. The Hall–Kier alpha value is -3.05. The summed E-state index contributed by atoms with van der Waals surface area (Å²) in [5.74, 6) is -1.37. The number of carboxylic acids is 1. The third kappa shape index (κ3) is 5.65. The molecule has 8 nitrogen and oxygen atoms in total. The Bertz CT molecular complexity index is 1410. The van der Waals surface area contributed by atoms with Crippen LogP contribution in [0.1, 0.15) is 58.6 Å². The van der Waals surface area contributed by atoms with Crippen molar-refractivity contribution < 1.29 is 23.8 Å². The first-order valence-corrected chi connectivity index (χ1v) is 15.0. The number of nitrogens with zero attached hydrogens (tertiary/aromatic N) is 2. The lowest BCUT2D eigenvalue weighted by Gasteiger charge is -2.38. The fourth-order valence-electron chi connectivity index (χ4n) is 5.49. The van der Waals surface area contributed by atoms with Crippen LogP contribution in [0, 0.1) is 0 Å². The number of aromatic nitrogens is 1. The van der Waals surface area contributed by atoms with Gasteiger partial charge in [-0.15, -0.1) is 22.7 Å². The minimum Gasteiger partial charge on any atom is -0.479 e. The van der Waals surface area contributed by atoms with Crippen molar-refractivity contribution in [3.8, 4) is 0 Å². The smallest absolute Gasteiger partial charge is 0.419 e. The molecule has 10 heteroatoms. The Labute approximate surface area is 234 Å². The molecule has 3 aromatic heterocycles. The highest BCUT2D eigenvalue weighted by Gasteiger charge is 2.48. The van der Waals surface area contributed by atoms with E-state index in [9.17, 15) is 19.5 Å². The summed E-state index contributed by atoms with van der Waals surface area (Å²) in [6.07, 6.45) is 5.86. The molecule has 1 N–H and O–H groups in total. The lowest BCUT2D eigenvalue weighted by atomic mass is 9.90. The zero-order valence-electron chi connectivity index (χ0n) is 21.8. The molecule has 0 aliphatic heterocycles. The first-order valence-electron chi connectivity index (χ1n) is 13.2. The number of fused-ring (bicyclic) bond motifs is 1. The minimum atomic E-state index is -1.46. The van der Waals surface area contributed by atoms with Crippen LogP contribution in [-0.4, -0.2) is 52.6 Å².